The molecule has 1 aliphatic heterocycles. The van der Waals surface area contributed by atoms with Gasteiger partial charge < -0.3 is 0 Å². The average Bonchev–Trinajstić information content (AvgIpc) is 3.03. The second-order valence-electron chi connectivity index (χ2n) is 4.88. The highest BCUT2D eigenvalue weighted by atomic mass is 32.2. The summed E-state index contributed by atoms with van der Waals surface area (Å²) in [6, 6.07) is 14.6. The van der Waals surface area contributed by atoms with Gasteiger partial charge in [-0.15, -0.1) is 16.9 Å². The molecule has 0 amide bonds. The third-order valence-corrected chi connectivity index (χ3v) is 4.41. The van der Waals surface area contributed by atoms with Crippen LogP contribution in [0.4, 0.5) is 0 Å². The summed E-state index contributed by atoms with van der Waals surface area (Å²) in [4.78, 5) is 4.32. The van der Waals surface area contributed by atoms with E-state index in [1.165, 1.54) is 11.1 Å². The Kier molecular flexibility index (Phi) is 4.46. The standard InChI is InChI=1S/C17H17N3S/c1-2-13-6-8-14(9-7-13)16-11-17(20-19-16)21-12-15-5-3-4-10-18-15/h3-10H,2,11-12H2,1H3. The summed E-state index contributed by atoms with van der Waals surface area (Å²) in [6.45, 7) is 2.16. The van der Waals surface area contributed by atoms with Gasteiger partial charge >= 0.3 is 0 Å². The van der Waals surface area contributed by atoms with Crippen molar-refractivity contribution in [1.82, 2.24) is 4.98 Å². The van der Waals surface area contributed by atoms with Crippen molar-refractivity contribution in [3.63, 3.8) is 0 Å². The molecule has 0 N–H and O–H groups in total. The van der Waals surface area contributed by atoms with Crippen LogP contribution in [0.15, 0.2) is 58.9 Å². The number of nitrogens with zero attached hydrogens (tertiary/aromatic N) is 3. The lowest BCUT2D eigenvalue weighted by Gasteiger charge is -2.03. The number of hydrogen-bond acceptors (Lipinski definition) is 4. The molecule has 106 valence electrons. The molecule has 0 unspecified atom stereocenters. The Balaban J connectivity index is 1.56. The molecule has 0 bridgehead atoms. The van der Waals surface area contributed by atoms with E-state index in [0.717, 1.165) is 35.0 Å². The molecular formula is C17H17N3S. The van der Waals surface area contributed by atoms with Gasteiger partial charge in [0.05, 0.1) is 11.4 Å². The molecule has 0 radical (unpaired) electrons. The predicted octanol–water partition coefficient (Wildman–Crippen LogP) is 4.08. The molecule has 0 atom stereocenters. The summed E-state index contributed by atoms with van der Waals surface area (Å²) in [5.41, 5.74) is 4.65. The Morgan fingerprint density at radius 3 is 2.62 bits per heavy atom. The van der Waals surface area contributed by atoms with Gasteiger partial charge in [0, 0.05) is 18.4 Å². The first-order valence-electron chi connectivity index (χ1n) is 7.10. The number of benzene rings is 1. The summed E-state index contributed by atoms with van der Waals surface area (Å²) >= 11 is 1.72. The van der Waals surface area contributed by atoms with E-state index in [-0.39, 0.29) is 0 Å². The van der Waals surface area contributed by atoms with Crippen molar-refractivity contribution >= 4 is 22.5 Å². The number of rotatable bonds is 4. The molecule has 0 fully saturated rings. The maximum Gasteiger partial charge on any atom is 0.102 e. The Morgan fingerprint density at radius 1 is 1.05 bits per heavy atom. The molecule has 0 saturated heterocycles. The first-order valence-corrected chi connectivity index (χ1v) is 8.09. The van der Waals surface area contributed by atoms with Gasteiger partial charge in [-0.3, -0.25) is 4.98 Å². The largest absolute Gasteiger partial charge is 0.260 e. The number of hydrogen-bond donors (Lipinski definition) is 0. The van der Waals surface area contributed by atoms with Crippen LogP contribution < -0.4 is 0 Å². The van der Waals surface area contributed by atoms with Gasteiger partial charge in [0.1, 0.15) is 5.04 Å². The van der Waals surface area contributed by atoms with E-state index in [0.29, 0.717) is 0 Å². The Morgan fingerprint density at radius 2 is 1.90 bits per heavy atom. The zero-order valence-electron chi connectivity index (χ0n) is 12.0. The summed E-state index contributed by atoms with van der Waals surface area (Å²) in [5, 5.41) is 9.67. The second kappa shape index (κ2) is 6.68. The predicted molar refractivity (Wildman–Crippen MR) is 89.9 cm³/mol. The number of aryl methyl sites for hydroxylation is 1. The Hall–Kier alpha value is -1.94. The lowest BCUT2D eigenvalue weighted by molar-refractivity contribution is 1.14. The average molecular weight is 295 g/mol. The van der Waals surface area contributed by atoms with Crippen LogP contribution in [-0.4, -0.2) is 15.7 Å². The zero-order chi connectivity index (χ0) is 14.5. The highest BCUT2D eigenvalue weighted by Gasteiger charge is 2.15. The van der Waals surface area contributed by atoms with Crippen LogP contribution in [0.2, 0.25) is 0 Å². The van der Waals surface area contributed by atoms with Crippen molar-refractivity contribution in [2.75, 3.05) is 0 Å². The number of pyridine rings is 1. The Labute approximate surface area is 129 Å². The number of thioether (sulfide) groups is 1. The topological polar surface area (TPSA) is 37.6 Å². The fourth-order valence-electron chi connectivity index (χ4n) is 2.14. The van der Waals surface area contributed by atoms with Crippen LogP contribution in [0.5, 0.6) is 0 Å². The normalized spacial score (nSPS) is 14.0. The molecule has 0 saturated carbocycles. The van der Waals surface area contributed by atoms with Crippen LogP contribution >= 0.6 is 11.8 Å². The van der Waals surface area contributed by atoms with E-state index in [1.807, 2.05) is 24.4 Å². The molecule has 3 rings (SSSR count). The van der Waals surface area contributed by atoms with Gasteiger partial charge in [0.25, 0.3) is 0 Å². The van der Waals surface area contributed by atoms with Crippen molar-refractivity contribution in [1.29, 1.82) is 0 Å². The van der Waals surface area contributed by atoms with Gasteiger partial charge in [-0.25, -0.2) is 0 Å². The summed E-state index contributed by atoms with van der Waals surface area (Å²) in [6.07, 6.45) is 3.71. The van der Waals surface area contributed by atoms with E-state index >= 15 is 0 Å². The first-order chi connectivity index (χ1) is 10.3. The SMILES string of the molecule is CCc1ccc(C2=NN=C(SCc3ccccn3)C2)cc1. The van der Waals surface area contributed by atoms with E-state index < -0.39 is 0 Å². The van der Waals surface area contributed by atoms with Crippen molar-refractivity contribution < 1.29 is 0 Å². The van der Waals surface area contributed by atoms with Crippen LogP contribution in [-0.2, 0) is 12.2 Å². The van der Waals surface area contributed by atoms with Gasteiger partial charge in [0.2, 0.25) is 0 Å². The minimum absolute atomic E-state index is 0.822. The number of aromatic nitrogens is 1. The highest BCUT2D eigenvalue weighted by molar-refractivity contribution is 8.13. The molecule has 21 heavy (non-hydrogen) atoms. The minimum Gasteiger partial charge on any atom is -0.260 e. The fraction of sp³-hybridized carbons (Fsp3) is 0.235. The molecular weight excluding hydrogens is 278 g/mol. The maximum absolute atomic E-state index is 4.32. The molecule has 2 heterocycles. The van der Waals surface area contributed by atoms with Crippen LogP contribution in [0.25, 0.3) is 0 Å². The lowest BCUT2D eigenvalue weighted by Crippen LogP contribution is -2.02. The monoisotopic (exact) mass is 295 g/mol. The van der Waals surface area contributed by atoms with Gasteiger partial charge in [0.15, 0.2) is 0 Å². The Bertz CT molecular complexity index is 660. The molecule has 1 aromatic carbocycles. The smallest absolute Gasteiger partial charge is 0.102 e. The third kappa shape index (κ3) is 3.58. The van der Waals surface area contributed by atoms with Crippen molar-refractivity contribution in [2.24, 2.45) is 10.2 Å². The molecule has 0 aliphatic carbocycles. The minimum atomic E-state index is 0.822. The lowest BCUT2D eigenvalue weighted by atomic mass is 10.1. The maximum atomic E-state index is 4.32. The van der Waals surface area contributed by atoms with Gasteiger partial charge in [-0.2, -0.15) is 5.10 Å². The molecule has 3 nitrogen and oxygen atoms in total. The van der Waals surface area contributed by atoms with E-state index in [1.54, 1.807) is 11.8 Å². The van der Waals surface area contributed by atoms with Crippen LogP contribution in [0, 0.1) is 0 Å². The van der Waals surface area contributed by atoms with Gasteiger partial charge in [-0.05, 0) is 29.7 Å². The van der Waals surface area contributed by atoms with Crippen LogP contribution in [0.1, 0.15) is 30.2 Å². The molecule has 1 aliphatic rings. The van der Waals surface area contributed by atoms with Gasteiger partial charge in [-0.1, -0.05) is 37.3 Å². The first kappa shape index (κ1) is 14.0. The molecule has 0 spiro atoms. The van der Waals surface area contributed by atoms with E-state index in [4.69, 9.17) is 0 Å². The molecule has 2 aromatic rings. The van der Waals surface area contributed by atoms with E-state index in [9.17, 15) is 0 Å². The van der Waals surface area contributed by atoms with E-state index in [2.05, 4.69) is 46.4 Å². The van der Waals surface area contributed by atoms with Crippen LogP contribution in [0.3, 0.4) is 0 Å². The molecule has 4 heteroatoms. The summed E-state index contributed by atoms with van der Waals surface area (Å²) in [7, 11) is 0. The highest BCUT2D eigenvalue weighted by Crippen LogP contribution is 2.21. The van der Waals surface area contributed by atoms with Crippen molar-refractivity contribution in [2.45, 2.75) is 25.5 Å². The molecule has 1 aromatic heterocycles. The van der Waals surface area contributed by atoms with Crippen molar-refractivity contribution in [3.8, 4) is 0 Å². The fourth-order valence-corrected chi connectivity index (χ4v) is 2.97. The summed E-state index contributed by atoms with van der Waals surface area (Å²) in [5.74, 6) is 0.844. The third-order valence-electron chi connectivity index (χ3n) is 3.41. The zero-order valence-corrected chi connectivity index (χ0v) is 12.8. The summed E-state index contributed by atoms with van der Waals surface area (Å²) < 4.78 is 0. The quantitative estimate of drug-likeness (QED) is 0.852. The second-order valence-corrected chi connectivity index (χ2v) is 5.93. The van der Waals surface area contributed by atoms with Crippen molar-refractivity contribution in [3.05, 3.63) is 65.5 Å².